The van der Waals surface area contributed by atoms with Gasteiger partial charge in [-0.1, -0.05) is 15.9 Å². The van der Waals surface area contributed by atoms with E-state index in [1.165, 1.54) is 0 Å². The molecule has 0 saturated heterocycles. The van der Waals surface area contributed by atoms with E-state index in [0.29, 0.717) is 6.42 Å². The van der Waals surface area contributed by atoms with Gasteiger partial charge in [-0.25, -0.2) is 0 Å². The van der Waals surface area contributed by atoms with Crippen molar-refractivity contribution in [2.45, 2.75) is 32.0 Å². The van der Waals surface area contributed by atoms with E-state index in [2.05, 4.69) is 15.9 Å². The molecule has 0 amide bonds. The molecule has 0 bridgehead atoms. The molecule has 1 aliphatic heterocycles. The monoisotopic (exact) mass is 256 g/mol. The van der Waals surface area contributed by atoms with Gasteiger partial charge in [-0.2, -0.15) is 0 Å². The second-order valence-corrected chi connectivity index (χ2v) is 5.18. The molecule has 14 heavy (non-hydrogen) atoms. The Balaban J connectivity index is 2.45. The van der Waals surface area contributed by atoms with E-state index in [-0.39, 0.29) is 5.60 Å². The number of hydrogen-bond acceptors (Lipinski definition) is 2. The van der Waals surface area contributed by atoms with Crippen LogP contribution in [0.2, 0.25) is 0 Å². The molecule has 0 aromatic heterocycles. The maximum atomic E-state index is 9.92. The van der Waals surface area contributed by atoms with Crippen LogP contribution in [0.15, 0.2) is 22.7 Å². The van der Waals surface area contributed by atoms with Crippen LogP contribution in [0.1, 0.15) is 31.9 Å². The van der Waals surface area contributed by atoms with Gasteiger partial charge < -0.3 is 9.84 Å². The highest BCUT2D eigenvalue weighted by Crippen LogP contribution is 2.40. The summed E-state index contributed by atoms with van der Waals surface area (Å²) < 4.78 is 6.73. The predicted octanol–water partition coefficient (Wildman–Crippen LogP) is 3.04. The molecule has 0 spiro atoms. The minimum Gasteiger partial charge on any atom is -0.487 e. The Hall–Kier alpha value is -0.540. The van der Waals surface area contributed by atoms with Crippen LogP contribution >= 0.6 is 15.9 Å². The van der Waals surface area contributed by atoms with E-state index in [9.17, 15) is 5.11 Å². The third-order valence-corrected chi connectivity index (χ3v) is 2.90. The van der Waals surface area contributed by atoms with Gasteiger partial charge in [0.15, 0.2) is 0 Å². The first-order valence-electron chi connectivity index (χ1n) is 4.64. The van der Waals surface area contributed by atoms with Crippen molar-refractivity contribution in [2.24, 2.45) is 0 Å². The van der Waals surface area contributed by atoms with Crippen molar-refractivity contribution in [3.63, 3.8) is 0 Å². The second-order valence-electron chi connectivity index (χ2n) is 4.26. The summed E-state index contributed by atoms with van der Waals surface area (Å²) in [7, 11) is 0. The van der Waals surface area contributed by atoms with Crippen LogP contribution in [0.25, 0.3) is 0 Å². The molecule has 0 radical (unpaired) electrons. The Kier molecular flexibility index (Phi) is 2.32. The smallest absolute Gasteiger partial charge is 0.125 e. The fourth-order valence-electron chi connectivity index (χ4n) is 1.79. The van der Waals surface area contributed by atoms with E-state index in [4.69, 9.17) is 4.74 Å². The third kappa shape index (κ3) is 1.79. The number of aliphatic hydroxyl groups is 1. The zero-order valence-corrected chi connectivity index (χ0v) is 9.84. The molecule has 2 rings (SSSR count). The van der Waals surface area contributed by atoms with Gasteiger partial charge >= 0.3 is 0 Å². The Morgan fingerprint density at radius 1 is 1.50 bits per heavy atom. The van der Waals surface area contributed by atoms with Crippen molar-refractivity contribution in [2.75, 3.05) is 0 Å². The minimum atomic E-state index is -0.425. The Morgan fingerprint density at radius 2 is 2.21 bits per heavy atom. The molecule has 1 aromatic rings. The first-order chi connectivity index (χ1) is 6.48. The highest BCUT2D eigenvalue weighted by molar-refractivity contribution is 9.10. The zero-order valence-electron chi connectivity index (χ0n) is 8.25. The van der Waals surface area contributed by atoms with Gasteiger partial charge in [0.25, 0.3) is 0 Å². The molecule has 1 N–H and O–H groups in total. The van der Waals surface area contributed by atoms with Crippen LogP contribution in [0.3, 0.4) is 0 Å². The highest BCUT2D eigenvalue weighted by Gasteiger charge is 2.32. The van der Waals surface area contributed by atoms with Crippen molar-refractivity contribution in [3.05, 3.63) is 28.2 Å². The van der Waals surface area contributed by atoms with Gasteiger partial charge in [-0.05, 0) is 32.0 Å². The van der Waals surface area contributed by atoms with Gasteiger partial charge in [0.2, 0.25) is 0 Å². The molecule has 1 aromatic carbocycles. The third-order valence-electron chi connectivity index (χ3n) is 2.40. The molecule has 1 atom stereocenters. The van der Waals surface area contributed by atoms with E-state index in [1.807, 2.05) is 32.0 Å². The summed E-state index contributed by atoms with van der Waals surface area (Å²) >= 11 is 3.38. The number of fused-ring (bicyclic) bond motifs is 1. The van der Waals surface area contributed by atoms with Crippen LogP contribution in [-0.4, -0.2) is 10.7 Å². The SMILES string of the molecule is CC1(C)C[C@@H](O)c2cc(Br)ccc2O1. The van der Waals surface area contributed by atoms with Crippen LogP contribution in [0.5, 0.6) is 5.75 Å². The lowest BCUT2D eigenvalue weighted by Crippen LogP contribution is -2.34. The van der Waals surface area contributed by atoms with Crippen molar-refractivity contribution in [3.8, 4) is 5.75 Å². The highest BCUT2D eigenvalue weighted by atomic mass is 79.9. The number of aliphatic hydroxyl groups excluding tert-OH is 1. The van der Waals surface area contributed by atoms with Gasteiger partial charge in [0, 0.05) is 16.5 Å². The van der Waals surface area contributed by atoms with Crippen molar-refractivity contribution in [1.29, 1.82) is 0 Å². The standard InChI is InChI=1S/C11H13BrO2/c1-11(2)6-9(13)8-5-7(12)3-4-10(8)14-11/h3-5,9,13H,6H2,1-2H3/t9-/m1/s1. The summed E-state index contributed by atoms with van der Waals surface area (Å²) in [5.41, 5.74) is 0.596. The number of benzene rings is 1. The summed E-state index contributed by atoms with van der Waals surface area (Å²) in [6, 6.07) is 5.73. The van der Waals surface area contributed by atoms with Crippen molar-refractivity contribution < 1.29 is 9.84 Å². The first kappa shape index (κ1) is 9.99. The molecular weight excluding hydrogens is 244 g/mol. The fraction of sp³-hybridized carbons (Fsp3) is 0.455. The predicted molar refractivity (Wildman–Crippen MR) is 58.4 cm³/mol. The largest absolute Gasteiger partial charge is 0.487 e. The van der Waals surface area contributed by atoms with E-state index < -0.39 is 6.10 Å². The Labute approximate surface area is 92.0 Å². The maximum absolute atomic E-state index is 9.92. The van der Waals surface area contributed by atoms with Gasteiger partial charge in [-0.15, -0.1) is 0 Å². The fourth-order valence-corrected chi connectivity index (χ4v) is 2.17. The normalized spacial score (nSPS) is 23.9. The molecule has 1 aliphatic rings. The Morgan fingerprint density at radius 3 is 2.93 bits per heavy atom. The summed E-state index contributed by atoms with van der Waals surface area (Å²) in [6.07, 6.45) is 0.211. The first-order valence-corrected chi connectivity index (χ1v) is 5.44. The van der Waals surface area contributed by atoms with Gasteiger partial charge in [-0.3, -0.25) is 0 Å². The lowest BCUT2D eigenvalue weighted by Gasteiger charge is -2.35. The van der Waals surface area contributed by atoms with E-state index in [1.54, 1.807) is 0 Å². The molecule has 1 heterocycles. The summed E-state index contributed by atoms with van der Waals surface area (Å²) in [5.74, 6) is 0.789. The van der Waals surface area contributed by atoms with Crippen molar-refractivity contribution in [1.82, 2.24) is 0 Å². The quantitative estimate of drug-likeness (QED) is 0.774. The average molecular weight is 257 g/mol. The van der Waals surface area contributed by atoms with Crippen LogP contribution in [0, 0.1) is 0 Å². The number of halogens is 1. The maximum Gasteiger partial charge on any atom is 0.125 e. The molecule has 3 heteroatoms. The summed E-state index contributed by atoms with van der Waals surface area (Å²) in [6.45, 7) is 3.97. The lowest BCUT2D eigenvalue weighted by molar-refractivity contribution is 0.0115. The molecule has 0 aliphatic carbocycles. The van der Waals surface area contributed by atoms with Crippen molar-refractivity contribution >= 4 is 15.9 Å². The molecule has 0 saturated carbocycles. The molecule has 0 fully saturated rings. The number of hydrogen-bond donors (Lipinski definition) is 1. The number of ether oxygens (including phenoxy) is 1. The second kappa shape index (κ2) is 3.24. The number of rotatable bonds is 0. The van der Waals surface area contributed by atoms with Crippen LogP contribution < -0.4 is 4.74 Å². The molecule has 76 valence electrons. The average Bonchev–Trinajstić information content (AvgIpc) is 2.05. The minimum absolute atomic E-state index is 0.278. The van der Waals surface area contributed by atoms with Crippen LogP contribution in [0.4, 0.5) is 0 Å². The van der Waals surface area contributed by atoms with Gasteiger partial charge in [0.05, 0.1) is 6.10 Å². The lowest BCUT2D eigenvalue weighted by atomic mass is 9.92. The Bertz CT molecular complexity index is 360. The molecule has 0 unspecified atom stereocenters. The zero-order chi connectivity index (χ0) is 10.3. The topological polar surface area (TPSA) is 29.5 Å². The molecular formula is C11H13BrO2. The van der Waals surface area contributed by atoms with E-state index in [0.717, 1.165) is 15.8 Å². The summed E-state index contributed by atoms with van der Waals surface area (Å²) in [5, 5.41) is 9.92. The summed E-state index contributed by atoms with van der Waals surface area (Å²) in [4.78, 5) is 0. The molecule has 2 nitrogen and oxygen atoms in total. The van der Waals surface area contributed by atoms with E-state index >= 15 is 0 Å². The van der Waals surface area contributed by atoms with Crippen LogP contribution in [-0.2, 0) is 0 Å². The van der Waals surface area contributed by atoms with Gasteiger partial charge in [0.1, 0.15) is 11.4 Å².